The summed E-state index contributed by atoms with van der Waals surface area (Å²) in [5.74, 6) is 0. The Bertz CT molecular complexity index is 1190. The van der Waals surface area contributed by atoms with Gasteiger partial charge in [-0.3, -0.25) is 0 Å². The van der Waals surface area contributed by atoms with Crippen LogP contribution in [0.5, 0.6) is 0 Å². The first-order chi connectivity index (χ1) is 17.4. The van der Waals surface area contributed by atoms with Crippen molar-refractivity contribution in [2.24, 2.45) is 0 Å². The molecule has 0 aliphatic rings. The topological polar surface area (TPSA) is 24.1 Å². The van der Waals surface area contributed by atoms with Gasteiger partial charge in [-0.1, -0.05) is 84.9 Å². The Hall–Kier alpha value is -3.20. The molecule has 186 valence electrons. The van der Waals surface area contributed by atoms with Crippen molar-refractivity contribution in [1.29, 1.82) is 0 Å². The molecule has 2 atom stereocenters. The van der Waals surface area contributed by atoms with Gasteiger partial charge in [0.05, 0.1) is 12.1 Å². The van der Waals surface area contributed by atoms with Crippen LogP contribution in [0.3, 0.4) is 0 Å². The van der Waals surface area contributed by atoms with Gasteiger partial charge in [-0.2, -0.15) is 0 Å². The van der Waals surface area contributed by atoms with Crippen molar-refractivity contribution < 1.29 is 0 Å². The average molecular weight is 477 g/mol. The van der Waals surface area contributed by atoms with Crippen molar-refractivity contribution in [3.63, 3.8) is 0 Å². The molecule has 2 N–H and O–H groups in total. The van der Waals surface area contributed by atoms with Crippen molar-refractivity contribution >= 4 is 0 Å². The van der Waals surface area contributed by atoms with E-state index in [9.17, 15) is 0 Å². The molecule has 2 unspecified atom stereocenters. The largest absolute Gasteiger partial charge is 0.304 e. The second kappa shape index (κ2) is 11.7. The Kier molecular flexibility index (Phi) is 8.40. The Labute approximate surface area is 217 Å². The lowest BCUT2D eigenvalue weighted by Gasteiger charge is -2.31. The van der Waals surface area contributed by atoms with E-state index in [4.69, 9.17) is 0 Å². The molecule has 0 amide bonds. The van der Waals surface area contributed by atoms with Crippen LogP contribution in [-0.2, 0) is 13.1 Å². The van der Waals surface area contributed by atoms with Gasteiger partial charge >= 0.3 is 0 Å². The first-order valence-corrected chi connectivity index (χ1v) is 13.0. The normalized spacial score (nSPS) is 12.9. The molecular formula is C34H40N2. The van der Waals surface area contributed by atoms with Gasteiger partial charge in [-0.25, -0.2) is 0 Å². The fraction of sp³-hybridized carbons (Fsp3) is 0.294. The van der Waals surface area contributed by atoms with Gasteiger partial charge in [0.15, 0.2) is 0 Å². The standard InChI is InChI=1S/C34H40N2/c1-23-17-19-31(27(5)25(23)3)21-35-33(29-13-9-7-10-14-29)34(30-15-11-8-12-16-30)36-22-32-20-18-24(2)26(4)28(32)6/h7-20,33-36H,21-22H2,1-6H3. The third kappa shape index (κ3) is 5.78. The number of hydrogen-bond acceptors (Lipinski definition) is 2. The summed E-state index contributed by atoms with van der Waals surface area (Å²) in [6.07, 6.45) is 0. The summed E-state index contributed by atoms with van der Waals surface area (Å²) < 4.78 is 0. The maximum atomic E-state index is 3.95. The van der Waals surface area contributed by atoms with Crippen LogP contribution in [-0.4, -0.2) is 0 Å². The lowest BCUT2D eigenvalue weighted by molar-refractivity contribution is 0.380. The summed E-state index contributed by atoms with van der Waals surface area (Å²) in [4.78, 5) is 0. The molecular weight excluding hydrogens is 436 g/mol. The van der Waals surface area contributed by atoms with Crippen LogP contribution in [0.1, 0.15) is 67.7 Å². The van der Waals surface area contributed by atoms with E-state index in [1.54, 1.807) is 0 Å². The lowest BCUT2D eigenvalue weighted by Crippen LogP contribution is -2.35. The Morgan fingerprint density at radius 2 is 0.806 bits per heavy atom. The van der Waals surface area contributed by atoms with E-state index in [1.165, 1.54) is 55.6 Å². The number of rotatable bonds is 9. The monoisotopic (exact) mass is 476 g/mol. The molecule has 0 saturated carbocycles. The summed E-state index contributed by atoms with van der Waals surface area (Å²) >= 11 is 0. The van der Waals surface area contributed by atoms with Crippen molar-refractivity contribution in [3.05, 3.63) is 141 Å². The van der Waals surface area contributed by atoms with Gasteiger partial charge < -0.3 is 10.6 Å². The van der Waals surface area contributed by atoms with E-state index in [-0.39, 0.29) is 12.1 Å². The zero-order valence-corrected chi connectivity index (χ0v) is 22.7. The van der Waals surface area contributed by atoms with E-state index < -0.39 is 0 Å². The first-order valence-electron chi connectivity index (χ1n) is 13.0. The molecule has 0 aliphatic heterocycles. The van der Waals surface area contributed by atoms with Gasteiger partial charge in [-0.05, 0) is 97.2 Å². The molecule has 2 nitrogen and oxygen atoms in total. The van der Waals surface area contributed by atoms with E-state index in [1.807, 2.05) is 0 Å². The maximum Gasteiger partial charge on any atom is 0.0521 e. The molecule has 36 heavy (non-hydrogen) atoms. The molecule has 0 fully saturated rings. The van der Waals surface area contributed by atoms with Crippen LogP contribution in [0.2, 0.25) is 0 Å². The average Bonchev–Trinajstić information content (AvgIpc) is 2.91. The summed E-state index contributed by atoms with van der Waals surface area (Å²) in [6, 6.07) is 31.0. The Morgan fingerprint density at radius 3 is 1.17 bits per heavy atom. The summed E-state index contributed by atoms with van der Waals surface area (Å²) in [5, 5.41) is 7.89. The predicted octanol–water partition coefficient (Wildman–Crippen LogP) is 7.90. The van der Waals surface area contributed by atoms with Gasteiger partial charge in [0.1, 0.15) is 0 Å². The van der Waals surface area contributed by atoms with E-state index in [0.717, 1.165) is 13.1 Å². The van der Waals surface area contributed by atoms with Crippen molar-refractivity contribution in [1.82, 2.24) is 10.6 Å². The lowest BCUT2D eigenvalue weighted by atomic mass is 9.91. The molecule has 0 spiro atoms. The Balaban J connectivity index is 1.68. The molecule has 0 radical (unpaired) electrons. The molecule has 0 bridgehead atoms. The zero-order valence-electron chi connectivity index (χ0n) is 22.7. The highest BCUT2D eigenvalue weighted by molar-refractivity contribution is 5.40. The molecule has 2 heteroatoms. The van der Waals surface area contributed by atoms with Gasteiger partial charge in [-0.15, -0.1) is 0 Å². The highest BCUT2D eigenvalue weighted by atomic mass is 15.0. The summed E-state index contributed by atoms with van der Waals surface area (Å²) in [7, 11) is 0. The molecule has 0 aromatic heterocycles. The number of hydrogen-bond donors (Lipinski definition) is 2. The van der Waals surface area contributed by atoms with E-state index in [2.05, 4.69) is 137 Å². The van der Waals surface area contributed by atoms with Crippen molar-refractivity contribution in [2.45, 2.75) is 66.7 Å². The summed E-state index contributed by atoms with van der Waals surface area (Å²) in [6.45, 7) is 15.0. The van der Waals surface area contributed by atoms with E-state index >= 15 is 0 Å². The molecule has 0 aliphatic carbocycles. The van der Waals surface area contributed by atoms with Crippen LogP contribution < -0.4 is 10.6 Å². The van der Waals surface area contributed by atoms with Crippen LogP contribution in [0.15, 0.2) is 84.9 Å². The van der Waals surface area contributed by atoms with Crippen LogP contribution in [0.25, 0.3) is 0 Å². The molecule has 0 saturated heterocycles. The second-order valence-electron chi connectivity index (χ2n) is 10.1. The third-order valence-electron chi connectivity index (χ3n) is 8.02. The molecule has 4 rings (SSSR count). The zero-order chi connectivity index (χ0) is 25.7. The second-order valence-corrected chi connectivity index (χ2v) is 10.1. The van der Waals surface area contributed by atoms with Gasteiger partial charge in [0.2, 0.25) is 0 Å². The SMILES string of the molecule is Cc1ccc(CNC(c2ccccc2)C(NCc2ccc(C)c(C)c2C)c2ccccc2)c(C)c1C. The molecule has 0 heterocycles. The first kappa shape index (κ1) is 25.9. The number of aryl methyl sites for hydroxylation is 2. The summed E-state index contributed by atoms with van der Waals surface area (Å²) in [5.41, 5.74) is 13.5. The minimum absolute atomic E-state index is 0.112. The van der Waals surface area contributed by atoms with Crippen LogP contribution >= 0.6 is 0 Å². The van der Waals surface area contributed by atoms with Gasteiger partial charge in [0.25, 0.3) is 0 Å². The van der Waals surface area contributed by atoms with Crippen molar-refractivity contribution in [3.8, 4) is 0 Å². The fourth-order valence-corrected chi connectivity index (χ4v) is 5.02. The molecule has 4 aromatic rings. The third-order valence-corrected chi connectivity index (χ3v) is 8.02. The van der Waals surface area contributed by atoms with E-state index in [0.29, 0.717) is 0 Å². The molecule has 4 aromatic carbocycles. The highest BCUT2D eigenvalue weighted by Gasteiger charge is 2.25. The van der Waals surface area contributed by atoms with Gasteiger partial charge in [0, 0.05) is 13.1 Å². The highest BCUT2D eigenvalue weighted by Crippen LogP contribution is 2.31. The minimum Gasteiger partial charge on any atom is -0.304 e. The van der Waals surface area contributed by atoms with Crippen LogP contribution in [0.4, 0.5) is 0 Å². The maximum absolute atomic E-state index is 3.95. The van der Waals surface area contributed by atoms with Crippen LogP contribution in [0, 0.1) is 41.5 Å². The fourth-order valence-electron chi connectivity index (χ4n) is 5.02. The smallest absolute Gasteiger partial charge is 0.0521 e. The number of nitrogens with one attached hydrogen (secondary N) is 2. The Morgan fingerprint density at radius 1 is 0.444 bits per heavy atom. The number of benzene rings is 4. The predicted molar refractivity (Wildman–Crippen MR) is 153 cm³/mol. The van der Waals surface area contributed by atoms with Crippen molar-refractivity contribution in [2.75, 3.05) is 0 Å². The quantitative estimate of drug-likeness (QED) is 0.256. The minimum atomic E-state index is 0.112.